The number of anilines is 2. The lowest BCUT2D eigenvalue weighted by atomic mass is 10.1. The summed E-state index contributed by atoms with van der Waals surface area (Å²) in [7, 11) is 4.65. The van der Waals surface area contributed by atoms with Crippen LogP contribution >= 0.6 is 0 Å². The van der Waals surface area contributed by atoms with Crippen molar-refractivity contribution < 1.29 is 19.0 Å². The molecule has 0 fully saturated rings. The number of amides is 1. The average molecular weight is 344 g/mol. The highest BCUT2D eigenvalue weighted by Crippen LogP contribution is 2.39. The van der Waals surface area contributed by atoms with Crippen LogP contribution in [-0.2, 0) is 4.79 Å². The molecular weight excluding hydrogens is 320 g/mol. The molecule has 0 aliphatic rings. The predicted octanol–water partition coefficient (Wildman–Crippen LogP) is 3.38. The smallest absolute Gasteiger partial charge is 0.243 e. The van der Waals surface area contributed by atoms with Gasteiger partial charge in [0.25, 0.3) is 0 Å². The summed E-state index contributed by atoms with van der Waals surface area (Å²) in [5.74, 6) is 1.42. The highest BCUT2D eigenvalue weighted by atomic mass is 16.5. The minimum Gasteiger partial charge on any atom is -0.493 e. The fourth-order valence-electron chi connectivity index (χ4n) is 2.62. The third-order valence-electron chi connectivity index (χ3n) is 3.62. The van der Waals surface area contributed by atoms with Gasteiger partial charge in [0.05, 0.1) is 27.9 Å². The first-order valence-corrected chi connectivity index (χ1v) is 7.89. The van der Waals surface area contributed by atoms with Crippen LogP contribution in [0.1, 0.15) is 11.1 Å². The zero-order chi connectivity index (χ0) is 18.4. The van der Waals surface area contributed by atoms with E-state index in [0.29, 0.717) is 22.9 Å². The summed E-state index contributed by atoms with van der Waals surface area (Å²) in [6.07, 6.45) is 0. The molecule has 0 saturated carbocycles. The van der Waals surface area contributed by atoms with Crippen molar-refractivity contribution in [2.24, 2.45) is 0 Å². The zero-order valence-electron chi connectivity index (χ0n) is 15.2. The second kappa shape index (κ2) is 8.28. The van der Waals surface area contributed by atoms with E-state index in [9.17, 15) is 4.79 Å². The van der Waals surface area contributed by atoms with Crippen LogP contribution in [0, 0.1) is 13.8 Å². The number of carbonyl (C=O) groups is 1. The lowest BCUT2D eigenvalue weighted by Gasteiger charge is -2.15. The van der Waals surface area contributed by atoms with Crippen LogP contribution in [0.3, 0.4) is 0 Å². The van der Waals surface area contributed by atoms with Crippen molar-refractivity contribution in [3.8, 4) is 17.2 Å². The predicted molar refractivity (Wildman–Crippen MR) is 99.1 cm³/mol. The normalized spacial score (nSPS) is 10.1. The maximum atomic E-state index is 12.2. The largest absolute Gasteiger partial charge is 0.493 e. The van der Waals surface area contributed by atoms with Gasteiger partial charge in [0, 0.05) is 23.5 Å². The van der Waals surface area contributed by atoms with Crippen LogP contribution in [0.4, 0.5) is 11.4 Å². The Morgan fingerprint density at radius 1 is 0.840 bits per heavy atom. The van der Waals surface area contributed by atoms with Crippen LogP contribution in [0.2, 0.25) is 0 Å². The number of hydrogen-bond acceptors (Lipinski definition) is 5. The van der Waals surface area contributed by atoms with Crippen LogP contribution in [0.5, 0.6) is 17.2 Å². The molecule has 0 radical (unpaired) electrons. The molecule has 2 aromatic rings. The number of carbonyl (C=O) groups excluding carboxylic acids is 1. The summed E-state index contributed by atoms with van der Waals surface area (Å²) in [6.45, 7) is 4.11. The van der Waals surface area contributed by atoms with Crippen LogP contribution in [-0.4, -0.2) is 33.8 Å². The van der Waals surface area contributed by atoms with Gasteiger partial charge in [-0.05, 0) is 37.1 Å². The molecule has 0 bridgehead atoms. The number of methoxy groups -OCH3 is 3. The van der Waals surface area contributed by atoms with E-state index in [0.717, 1.165) is 16.8 Å². The molecule has 0 atom stereocenters. The molecule has 6 nitrogen and oxygen atoms in total. The van der Waals surface area contributed by atoms with Crippen molar-refractivity contribution in [2.75, 3.05) is 38.5 Å². The van der Waals surface area contributed by atoms with E-state index in [-0.39, 0.29) is 12.5 Å². The number of ether oxygens (including phenoxy) is 3. The third-order valence-corrected chi connectivity index (χ3v) is 3.62. The van der Waals surface area contributed by atoms with Gasteiger partial charge in [-0.1, -0.05) is 6.07 Å². The molecule has 2 rings (SSSR count). The quantitative estimate of drug-likeness (QED) is 0.806. The van der Waals surface area contributed by atoms with E-state index in [1.807, 2.05) is 26.0 Å². The van der Waals surface area contributed by atoms with E-state index in [2.05, 4.69) is 16.7 Å². The molecule has 25 heavy (non-hydrogen) atoms. The number of nitrogens with one attached hydrogen (secondary N) is 2. The SMILES string of the molecule is COc1cc(NCC(=O)Nc2cc(C)cc(C)c2)cc(OC)c1OC. The Balaban J connectivity index is 2.06. The van der Waals surface area contributed by atoms with Gasteiger partial charge in [-0.2, -0.15) is 0 Å². The summed E-state index contributed by atoms with van der Waals surface area (Å²) in [5.41, 5.74) is 3.69. The number of hydrogen-bond donors (Lipinski definition) is 2. The molecule has 0 aromatic heterocycles. The van der Waals surface area contributed by atoms with Gasteiger partial charge in [-0.25, -0.2) is 0 Å². The van der Waals surface area contributed by atoms with Gasteiger partial charge in [0.1, 0.15) is 0 Å². The maximum absolute atomic E-state index is 12.2. The lowest BCUT2D eigenvalue weighted by molar-refractivity contribution is -0.114. The van der Waals surface area contributed by atoms with Crippen LogP contribution in [0.15, 0.2) is 30.3 Å². The monoisotopic (exact) mass is 344 g/mol. The Bertz CT molecular complexity index is 714. The Hall–Kier alpha value is -2.89. The van der Waals surface area contributed by atoms with Crippen LogP contribution in [0.25, 0.3) is 0 Å². The minimum atomic E-state index is -0.140. The lowest BCUT2D eigenvalue weighted by Crippen LogP contribution is -2.21. The van der Waals surface area contributed by atoms with Gasteiger partial charge in [-0.15, -0.1) is 0 Å². The molecule has 1 amide bonds. The Morgan fingerprint density at radius 2 is 1.40 bits per heavy atom. The molecule has 0 aliphatic heterocycles. The van der Waals surface area contributed by atoms with Gasteiger partial charge in [0.2, 0.25) is 11.7 Å². The molecule has 0 unspecified atom stereocenters. The zero-order valence-corrected chi connectivity index (χ0v) is 15.2. The Morgan fingerprint density at radius 3 is 1.88 bits per heavy atom. The highest BCUT2D eigenvalue weighted by Gasteiger charge is 2.13. The van der Waals surface area contributed by atoms with Crippen LogP contribution < -0.4 is 24.8 Å². The topological polar surface area (TPSA) is 68.8 Å². The summed E-state index contributed by atoms with van der Waals surface area (Å²) < 4.78 is 15.9. The van der Waals surface area contributed by atoms with E-state index in [4.69, 9.17) is 14.2 Å². The van der Waals surface area contributed by atoms with Crippen molar-refractivity contribution in [3.63, 3.8) is 0 Å². The molecule has 0 heterocycles. The van der Waals surface area contributed by atoms with Gasteiger partial charge >= 0.3 is 0 Å². The van der Waals surface area contributed by atoms with E-state index in [1.54, 1.807) is 33.5 Å². The Kier molecular flexibility index (Phi) is 6.11. The second-order valence-electron chi connectivity index (χ2n) is 5.69. The number of aryl methyl sites for hydroxylation is 2. The van der Waals surface area contributed by atoms with Gasteiger partial charge in [0.15, 0.2) is 11.5 Å². The van der Waals surface area contributed by atoms with Crippen molar-refractivity contribution in [2.45, 2.75) is 13.8 Å². The Labute approximate surface area is 148 Å². The van der Waals surface area contributed by atoms with Crippen molar-refractivity contribution in [1.29, 1.82) is 0 Å². The summed E-state index contributed by atoms with van der Waals surface area (Å²) >= 11 is 0. The molecule has 2 aromatic carbocycles. The molecule has 6 heteroatoms. The average Bonchev–Trinajstić information content (AvgIpc) is 2.57. The second-order valence-corrected chi connectivity index (χ2v) is 5.69. The molecule has 0 spiro atoms. The minimum absolute atomic E-state index is 0.117. The highest BCUT2D eigenvalue weighted by molar-refractivity contribution is 5.94. The first-order chi connectivity index (χ1) is 12.0. The first-order valence-electron chi connectivity index (χ1n) is 7.89. The molecule has 0 aliphatic carbocycles. The van der Waals surface area contributed by atoms with Gasteiger partial charge < -0.3 is 24.8 Å². The van der Waals surface area contributed by atoms with E-state index >= 15 is 0 Å². The van der Waals surface area contributed by atoms with Crippen molar-refractivity contribution in [3.05, 3.63) is 41.5 Å². The molecule has 0 saturated heterocycles. The third kappa shape index (κ3) is 4.79. The standard InChI is InChI=1S/C19H24N2O4/c1-12-6-13(2)8-15(7-12)21-18(22)11-20-14-9-16(23-3)19(25-5)17(10-14)24-4/h6-10,20H,11H2,1-5H3,(H,21,22). The first kappa shape index (κ1) is 18.4. The number of benzene rings is 2. The van der Waals surface area contributed by atoms with Crippen molar-refractivity contribution in [1.82, 2.24) is 0 Å². The van der Waals surface area contributed by atoms with Gasteiger partial charge in [-0.3, -0.25) is 4.79 Å². The summed E-state index contributed by atoms with van der Waals surface area (Å²) in [4.78, 5) is 12.2. The van der Waals surface area contributed by atoms with Crippen molar-refractivity contribution >= 4 is 17.3 Å². The fourth-order valence-corrected chi connectivity index (χ4v) is 2.62. The summed E-state index contributed by atoms with van der Waals surface area (Å²) in [5, 5.41) is 5.95. The molecule has 2 N–H and O–H groups in total. The fraction of sp³-hybridized carbons (Fsp3) is 0.316. The van der Waals surface area contributed by atoms with E-state index in [1.165, 1.54) is 0 Å². The van der Waals surface area contributed by atoms with E-state index < -0.39 is 0 Å². The maximum Gasteiger partial charge on any atom is 0.243 e. The number of rotatable bonds is 7. The molecule has 134 valence electrons. The molecular formula is C19H24N2O4. The summed E-state index contributed by atoms with van der Waals surface area (Å²) in [6, 6.07) is 9.44.